The number of amides is 2. The van der Waals surface area contributed by atoms with Crippen LogP contribution in [0.4, 0.5) is 25.0 Å². The Hall–Kier alpha value is -3.02. The van der Waals surface area contributed by atoms with Gasteiger partial charge in [-0.25, -0.2) is 13.6 Å². The van der Waals surface area contributed by atoms with Crippen molar-refractivity contribution in [2.24, 2.45) is 0 Å². The Morgan fingerprint density at radius 1 is 1.26 bits per heavy atom. The summed E-state index contributed by atoms with van der Waals surface area (Å²) in [6.07, 6.45) is 0.00192. The zero-order valence-corrected chi connectivity index (χ0v) is 19.4. The van der Waals surface area contributed by atoms with Crippen LogP contribution in [0.1, 0.15) is 50.4 Å². The molecule has 1 saturated carbocycles. The topological polar surface area (TPSA) is 123 Å². The number of nitro benzene ring substituents is 1. The Bertz CT molecular complexity index is 935. The highest BCUT2D eigenvalue weighted by molar-refractivity contribution is 5.96. The van der Waals surface area contributed by atoms with Crippen LogP contribution in [-0.2, 0) is 9.47 Å². The maximum Gasteiger partial charge on any atom is 0.410 e. The zero-order chi connectivity index (χ0) is 25.0. The minimum Gasteiger partial charge on any atom is -0.444 e. The van der Waals surface area contributed by atoms with Gasteiger partial charge in [0.15, 0.2) is 0 Å². The fraction of sp³-hybridized carbons (Fsp3) is 0.636. The predicted molar refractivity (Wildman–Crippen MR) is 119 cm³/mol. The highest BCUT2D eigenvalue weighted by Gasteiger charge is 2.35. The summed E-state index contributed by atoms with van der Waals surface area (Å²) in [5.74, 6) is -2.01. The van der Waals surface area contributed by atoms with Crippen molar-refractivity contribution in [2.45, 2.75) is 64.0 Å². The van der Waals surface area contributed by atoms with Crippen molar-refractivity contribution in [1.29, 1.82) is 0 Å². The Morgan fingerprint density at radius 2 is 1.97 bits per heavy atom. The molecule has 1 heterocycles. The zero-order valence-electron chi connectivity index (χ0n) is 19.4. The second-order valence-corrected chi connectivity index (χ2v) is 9.41. The van der Waals surface area contributed by atoms with E-state index in [1.54, 1.807) is 20.8 Å². The Balaban J connectivity index is 1.67. The third-order valence-corrected chi connectivity index (χ3v) is 5.32. The number of piperidine rings is 1. The van der Waals surface area contributed by atoms with Gasteiger partial charge in [-0.15, -0.1) is 0 Å². The third kappa shape index (κ3) is 6.99. The first-order valence-corrected chi connectivity index (χ1v) is 11.2. The van der Waals surface area contributed by atoms with Gasteiger partial charge < -0.3 is 25.0 Å². The highest BCUT2D eigenvalue weighted by atomic mass is 19.1. The van der Waals surface area contributed by atoms with E-state index in [4.69, 9.17) is 9.47 Å². The molecule has 188 valence electrons. The summed E-state index contributed by atoms with van der Waals surface area (Å²) in [6.45, 7) is 5.55. The molecule has 0 radical (unpaired) electrons. The van der Waals surface area contributed by atoms with Gasteiger partial charge in [-0.3, -0.25) is 14.9 Å². The van der Waals surface area contributed by atoms with Gasteiger partial charge in [-0.2, -0.15) is 0 Å². The van der Waals surface area contributed by atoms with Crippen molar-refractivity contribution in [3.8, 4) is 0 Å². The van der Waals surface area contributed by atoms with E-state index in [2.05, 4.69) is 10.6 Å². The van der Waals surface area contributed by atoms with Crippen LogP contribution in [0.15, 0.2) is 12.1 Å². The fourth-order valence-corrected chi connectivity index (χ4v) is 3.47. The maximum atomic E-state index is 14.7. The molecular formula is C22H30F2N4O6. The summed E-state index contributed by atoms with van der Waals surface area (Å²) in [5, 5.41) is 16.6. The molecular weight excluding hydrogens is 454 g/mol. The van der Waals surface area contributed by atoms with Crippen LogP contribution in [0.2, 0.25) is 0 Å². The molecule has 1 saturated heterocycles. The van der Waals surface area contributed by atoms with E-state index < -0.39 is 51.8 Å². The number of nitrogens with one attached hydrogen (secondary N) is 2. The van der Waals surface area contributed by atoms with E-state index in [9.17, 15) is 28.5 Å². The molecule has 12 heteroatoms. The molecule has 0 spiro atoms. The van der Waals surface area contributed by atoms with Gasteiger partial charge in [0, 0.05) is 31.8 Å². The molecule has 3 rings (SSSR count). The number of ether oxygens (including phenoxy) is 2. The number of carbonyl (C=O) groups is 2. The minimum absolute atomic E-state index is 0.0431. The number of rotatable bonds is 8. The number of alkyl halides is 1. The van der Waals surface area contributed by atoms with E-state index in [1.165, 1.54) is 4.90 Å². The summed E-state index contributed by atoms with van der Waals surface area (Å²) in [6, 6.07) is 0.561. The van der Waals surface area contributed by atoms with E-state index in [-0.39, 0.29) is 37.8 Å². The number of nitro groups is 1. The smallest absolute Gasteiger partial charge is 0.410 e. The first-order chi connectivity index (χ1) is 15.9. The first kappa shape index (κ1) is 25.6. The van der Waals surface area contributed by atoms with Crippen molar-refractivity contribution >= 4 is 23.4 Å². The molecule has 0 bridgehead atoms. The molecule has 0 unspecified atom stereocenters. The molecule has 1 aromatic rings. The Kier molecular flexibility index (Phi) is 7.90. The van der Waals surface area contributed by atoms with E-state index in [0.717, 1.165) is 25.0 Å². The average molecular weight is 485 g/mol. The number of nitrogens with zero attached hydrogens (tertiary/aromatic N) is 2. The van der Waals surface area contributed by atoms with Crippen LogP contribution < -0.4 is 10.6 Å². The van der Waals surface area contributed by atoms with Gasteiger partial charge in [0.2, 0.25) is 0 Å². The van der Waals surface area contributed by atoms with Gasteiger partial charge in [0.25, 0.3) is 11.6 Å². The molecule has 1 aromatic carbocycles. The SMILES string of the molecule is CC(C)(C)OC(=O)N1CC[C@H](F)[C@@H](NC(=O)c2cc([N+](=O)[O-])c(NCCOC3CC3)cc2F)C1. The summed E-state index contributed by atoms with van der Waals surface area (Å²) < 4.78 is 39.9. The van der Waals surface area contributed by atoms with Gasteiger partial charge in [0.05, 0.1) is 29.2 Å². The number of hydrogen-bond donors (Lipinski definition) is 2. The third-order valence-electron chi connectivity index (χ3n) is 5.32. The predicted octanol–water partition coefficient (Wildman–Crippen LogP) is 3.40. The Morgan fingerprint density at radius 3 is 2.59 bits per heavy atom. The molecule has 2 aliphatic rings. The number of hydrogen-bond acceptors (Lipinski definition) is 7. The second-order valence-electron chi connectivity index (χ2n) is 9.41. The first-order valence-electron chi connectivity index (χ1n) is 11.2. The number of halogens is 2. The normalized spacial score (nSPS) is 20.6. The molecule has 1 aliphatic carbocycles. The molecule has 0 aromatic heterocycles. The Labute approximate surface area is 196 Å². The summed E-state index contributed by atoms with van der Waals surface area (Å²) in [4.78, 5) is 37.0. The van der Waals surface area contributed by atoms with Crippen LogP contribution >= 0.6 is 0 Å². The van der Waals surface area contributed by atoms with Crippen molar-refractivity contribution in [3.63, 3.8) is 0 Å². The molecule has 2 amide bonds. The van der Waals surface area contributed by atoms with Gasteiger partial charge in [-0.1, -0.05) is 0 Å². The monoisotopic (exact) mass is 484 g/mol. The summed E-state index contributed by atoms with van der Waals surface area (Å²) >= 11 is 0. The van der Waals surface area contributed by atoms with Crippen LogP contribution in [0, 0.1) is 15.9 Å². The fourth-order valence-electron chi connectivity index (χ4n) is 3.47. The van der Waals surface area contributed by atoms with Crippen LogP contribution in [0.25, 0.3) is 0 Å². The molecule has 10 nitrogen and oxygen atoms in total. The number of likely N-dealkylation sites (tertiary alicyclic amines) is 1. The van der Waals surface area contributed by atoms with Crippen LogP contribution in [-0.4, -0.2) is 72.0 Å². The van der Waals surface area contributed by atoms with Crippen molar-refractivity contribution < 1.29 is 32.8 Å². The lowest BCUT2D eigenvalue weighted by molar-refractivity contribution is -0.384. The van der Waals surface area contributed by atoms with Gasteiger partial charge >= 0.3 is 6.09 Å². The van der Waals surface area contributed by atoms with E-state index in [1.807, 2.05) is 0 Å². The number of benzene rings is 1. The van der Waals surface area contributed by atoms with Gasteiger partial charge in [-0.05, 0) is 40.0 Å². The van der Waals surface area contributed by atoms with Crippen molar-refractivity contribution in [2.75, 3.05) is 31.6 Å². The molecule has 1 aliphatic heterocycles. The standard InChI is InChI=1S/C22H30F2N4O6/c1-22(2,3)34-21(30)27-8-6-15(23)18(12-27)26-20(29)14-10-19(28(31)32)17(11-16(14)24)25-7-9-33-13-4-5-13/h10-11,13,15,18,25H,4-9,12H2,1-3H3,(H,26,29)/t15-,18-/m0/s1. The quantitative estimate of drug-likeness (QED) is 0.329. The highest BCUT2D eigenvalue weighted by Crippen LogP contribution is 2.29. The van der Waals surface area contributed by atoms with E-state index in [0.29, 0.717) is 6.61 Å². The van der Waals surface area contributed by atoms with E-state index >= 15 is 0 Å². The van der Waals surface area contributed by atoms with Crippen molar-refractivity contribution in [3.05, 3.63) is 33.6 Å². The summed E-state index contributed by atoms with van der Waals surface area (Å²) in [7, 11) is 0. The second kappa shape index (κ2) is 10.5. The molecule has 34 heavy (non-hydrogen) atoms. The summed E-state index contributed by atoms with van der Waals surface area (Å²) in [5.41, 5.74) is -1.91. The molecule has 2 atom stereocenters. The van der Waals surface area contributed by atoms with Gasteiger partial charge in [0.1, 0.15) is 23.3 Å². The minimum atomic E-state index is -1.48. The molecule has 2 N–H and O–H groups in total. The van der Waals surface area contributed by atoms with Crippen LogP contribution in [0.3, 0.4) is 0 Å². The molecule has 2 fully saturated rings. The maximum absolute atomic E-state index is 14.7. The van der Waals surface area contributed by atoms with Crippen LogP contribution in [0.5, 0.6) is 0 Å². The average Bonchev–Trinajstić information content (AvgIpc) is 3.55. The lowest BCUT2D eigenvalue weighted by Gasteiger charge is -2.36. The largest absolute Gasteiger partial charge is 0.444 e. The lowest BCUT2D eigenvalue weighted by Crippen LogP contribution is -2.55. The number of carbonyl (C=O) groups excluding carboxylic acids is 2. The van der Waals surface area contributed by atoms with Crippen molar-refractivity contribution in [1.82, 2.24) is 10.2 Å². The number of anilines is 1. The lowest BCUT2D eigenvalue weighted by atomic mass is 10.0.